The maximum Gasteiger partial charge on any atom is 0.410 e. The van der Waals surface area contributed by atoms with E-state index in [1.807, 2.05) is 42.5 Å². The molecule has 0 spiro atoms. The molecular weight excluding hydrogens is 1680 g/mol. The van der Waals surface area contributed by atoms with Gasteiger partial charge < -0.3 is 95.2 Å². The number of aliphatic hydroxyl groups is 2. The lowest BCUT2D eigenvalue weighted by Gasteiger charge is -2.33. The van der Waals surface area contributed by atoms with Gasteiger partial charge >= 0.3 is 12.1 Å². The second kappa shape index (κ2) is 40.9. The number of carbonyl (C=O) groups is 9. The van der Waals surface area contributed by atoms with E-state index in [2.05, 4.69) is 43.8 Å². The Morgan fingerprint density at radius 1 is 0.547 bits per heavy atom. The van der Waals surface area contributed by atoms with Gasteiger partial charge in [-0.05, 0) is 162 Å². The number of aliphatic carboxylic acids is 1. The van der Waals surface area contributed by atoms with Crippen LogP contribution in [0.15, 0.2) is 231 Å². The van der Waals surface area contributed by atoms with Crippen molar-refractivity contribution in [2.75, 3.05) is 27.9 Å². The highest BCUT2D eigenvalue weighted by Crippen LogP contribution is 2.50. The fraction of sp³-hybridized carbons (Fsp3) is 0.268. The van der Waals surface area contributed by atoms with E-state index < -0.39 is 126 Å². The Morgan fingerprint density at radius 2 is 1.06 bits per heavy atom. The number of likely N-dealkylation sites (N-methyl/N-ethyl adjacent to an activating group) is 1. The molecular formula is C97H96Cl2N8O21. The minimum Gasteiger partial charge on any atom is -0.497 e. The van der Waals surface area contributed by atoms with Gasteiger partial charge in [-0.25, -0.2) is 9.59 Å². The molecule has 10 aromatic rings. The first-order valence-electron chi connectivity index (χ1n) is 41.0. The standard InChI is InChI=1S/C97H96Cl2N8O21/c1-10-40-122-88-76-45-62-46-77(88)127-74-39-32-61(44-69(74)99)87(110)85-94(116)104-83(95(117)118)67-47-65(123-50-54-20-14-11-15-21-54)48-75(125-52-56-24-18-13-19-25-56)79(67)66-42-59(30-37-72(66)124-51-55-22-16-12-17-23-55)81(91(113)106-85)103-92(114)82(62)102-89(111)70(49-78(108)101-80(57-26-33-63(120-8)34-27-57)58-28-35-64(121-9)36-29-58)100-93(115)84(86(109)60-31-38-73(126-76)68(98)43-60)105-90(112)71(41-53(2)3)107(7)96(119)128-97(4,5)6/h10-39,42-48,53,70-71,80-87,109-110H,1,40-41,49-52H2,2-9H3,(H,100,115)(H,101,108)(H,102,111)(H,103,114)(H,104,116)(H,105,112)(H,106,113)(H,117,118)/t70-,71+,81+,82+,83-,84+,85-,86+,87+/m0/s1. The fourth-order valence-corrected chi connectivity index (χ4v) is 15.2. The van der Waals surface area contributed by atoms with Crippen molar-refractivity contribution >= 4 is 76.6 Å². The molecule has 9 atom stereocenters. The van der Waals surface area contributed by atoms with Gasteiger partial charge in [0.25, 0.3) is 0 Å². The third kappa shape index (κ3) is 22.2. The first-order valence-corrected chi connectivity index (χ1v) is 41.8. The molecule has 29 nitrogen and oxygen atoms in total. The molecule has 15 rings (SSSR count). The maximum atomic E-state index is 16.9. The number of hydrogen-bond donors (Lipinski definition) is 10. The van der Waals surface area contributed by atoms with Gasteiger partial charge in [-0.1, -0.05) is 183 Å². The number of methoxy groups -OCH3 is 2. The zero-order valence-corrected chi connectivity index (χ0v) is 72.6. The van der Waals surface area contributed by atoms with Crippen molar-refractivity contribution in [2.24, 2.45) is 5.92 Å². The SMILES string of the molecule is C=CCOc1c2cc3cc1Oc1ccc(cc1Cl)[C@@H](O)[C@@H](NC(=O)[C@@H](CC(C)C)N(C)C(=O)OC(C)(C)C)C(=O)N[C@@H](CC(=O)NC(c1ccc(OC)cc1)c1ccc(OC)cc1)C(=O)N[C@H]3C(=O)N[C@H]1C(=O)N[C@H](C(=O)N[C@H](C(=O)O)c3cc(OCc4ccccc4)cc(OCc4ccccc4)c3-c3cc1ccc3OCc1ccccc1)[C@H](O)c1ccc(c(Cl)c1)O2. The number of fused-ring (bicyclic) bond motifs is 15. The second-order valence-electron chi connectivity index (χ2n) is 32.1. The Morgan fingerprint density at radius 3 is 1.59 bits per heavy atom. The van der Waals surface area contributed by atoms with Crippen LogP contribution in [-0.2, 0) is 62.9 Å². The number of carboxylic acids is 1. The van der Waals surface area contributed by atoms with E-state index in [1.54, 1.807) is 132 Å². The Bertz CT molecular complexity index is 5720. The summed E-state index contributed by atoms with van der Waals surface area (Å²) in [5.74, 6) is -10.7. The van der Waals surface area contributed by atoms with E-state index in [0.717, 1.165) is 10.5 Å². The van der Waals surface area contributed by atoms with E-state index in [9.17, 15) is 24.9 Å². The van der Waals surface area contributed by atoms with Gasteiger partial charge in [0, 0.05) is 29.8 Å². The van der Waals surface area contributed by atoms with Crippen LogP contribution in [0.5, 0.6) is 57.5 Å². The molecule has 0 saturated heterocycles. The molecule has 10 N–H and O–H groups in total. The molecule has 11 bridgehead atoms. The van der Waals surface area contributed by atoms with Crippen LogP contribution in [0.2, 0.25) is 10.0 Å². The Balaban J connectivity index is 1.03. The number of nitrogens with one attached hydrogen (secondary N) is 7. The number of aliphatic hydroxyl groups excluding tert-OH is 2. The van der Waals surface area contributed by atoms with Gasteiger partial charge in [0.05, 0.1) is 36.7 Å². The lowest BCUT2D eigenvalue weighted by atomic mass is 9.89. The number of rotatable bonds is 25. The van der Waals surface area contributed by atoms with Crippen LogP contribution in [0.4, 0.5) is 4.79 Å². The quantitative estimate of drug-likeness (QED) is 0.0238. The molecule has 5 aliphatic heterocycles. The first kappa shape index (κ1) is 91.6. The monoisotopic (exact) mass is 1780 g/mol. The minimum atomic E-state index is -2.23. The lowest BCUT2D eigenvalue weighted by Crippen LogP contribution is -2.60. The number of nitrogens with zero attached hydrogens (tertiary/aromatic N) is 1. The molecule has 0 radical (unpaired) electrons. The lowest BCUT2D eigenvalue weighted by molar-refractivity contribution is -0.143. The van der Waals surface area contributed by atoms with Gasteiger partial charge in [-0.2, -0.15) is 0 Å². The van der Waals surface area contributed by atoms with Crippen LogP contribution in [0.3, 0.4) is 0 Å². The number of halogens is 2. The normalized spacial score (nSPS) is 18.2. The maximum absolute atomic E-state index is 16.9. The van der Waals surface area contributed by atoms with Crippen LogP contribution >= 0.6 is 23.2 Å². The van der Waals surface area contributed by atoms with Crippen molar-refractivity contribution < 1.29 is 101 Å². The van der Waals surface area contributed by atoms with Crippen molar-refractivity contribution in [2.45, 2.75) is 133 Å². The molecule has 31 heteroatoms. The summed E-state index contributed by atoms with van der Waals surface area (Å²) in [4.78, 5) is 142. The first-order chi connectivity index (χ1) is 61.4. The number of carbonyl (C=O) groups excluding carboxylic acids is 8. The van der Waals surface area contributed by atoms with Gasteiger partial charge in [-0.15, -0.1) is 0 Å². The minimum absolute atomic E-state index is 0.0132. The summed E-state index contributed by atoms with van der Waals surface area (Å²) >= 11 is 14.5. The van der Waals surface area contributed by atoms with Crippen molar-refractivity contribution in [3.63, 3.8) is 0 Å². The van der Waals surface area contributed by atoms with E-state index in [4.69, 9.17) is 65.8 Å². The molecule has 5 heterocycles. The highest BCUT2D eigenvalue weighted by atomic mass is 35.5. The number of ether oxygens (including phenoxy) is 9. The number of hydrogen-bond acceptors (Lipinski definition) is 20. The molecule has 0 fully saturated rings. The van der Waals surface area contributed by atoms with Gasteiger partial charge in [-0.3, -0.25) is 38.5 Å². The predicted molar refractivity (Wildman–Crippen MR) is 473 cm³/mol. The number of amides is 8. The zero-order valence-electron chi connectivity index (χ0n) is 71.1. The third-order valence-corrected chi connectivity index (χ3v) is 21.9. The molecule has 664 valence electrons. The van der Waals surface area contributed by atoms with Crippen LogP contribution in [-0.4, -0.2) is 131 Å². The van der Waals surface area contributed by atoms with Crippen LogP contribution in [0.25, 0.3) is 11.1 Å². The molecule has 0 saturated carbocycles. The Hall–Kier alpha value is -14.1. The summed E-state index contributed by atoms with van der Waals surface area (Å²) in [5, 5.41) is 56.0. The third-order valence-electron chi connectivity index (χ3n) is 21.3. The van der Waals surface area contributed by atoms with E-state index in [1.165, 1.54) is 106 Å². The molecule has 5 aliphatic rings. The topological polar surface area (TPSA) is 385 Å². The fourth-order valence-electron chi connectivity index (χ4n) is 14.8. The summed E-state index contributed by atoms with van der Waals surface area (Å²) in [6.07, 6.45) is -4.83. The molecule has 0 unspecified atom stereocenters. The van der Waals surface area contributed by atoms with Crippen molar-refractivity contribution in [1.29, 1.82) is 0 Å². The molecule has 0 aliphatic carbocycles. The van der Waals surface area contributed by atoms with Crippen molar-refractivity contribution in [1.82, 2.24) is 42.1 Å². The molecule has 128 heavy (non-hydrogen) atoms. The van der Waals surface area contributed by atoms with Crippen LogP contribution < -0.4 is 75.1 Å². The number of carboxylic acid groups (broad SMARTS) is 1. The summed E-state index contributed by atoms with van der Waals surface area (Å²) in [5.41, 5.74) is 1.12. The average Bonchev–Trinajstić information content (AvgIpc) is 0.755. The summed E-state index contributed by atoms with van der Waals surface area (Å²) in [6, 6.07) is 42.5. The smallest absolute Gasteiger partial charge is 0.410 e. The summed E-state index contributed by atoms with van der Waals surface area (Å²) in [7, 11) is 4.28. The molecule has 8 amide bonds. The Kier molecular flexibility index (Phi) is 29.2. The Labute approximate surface area is 748 Å². The molecule has 0 aromatic heterocycles. The predicted octanol–water partition coefficient (Wildman–Crippen LogP) is 14.0. The largest absolute Gasteiger partial charge is 0.497 e. The van der Waals surface area contributed by atoms with Gasteiger partial charge in [0.1, 0.15) is 121 Å². The van der Waals surface area contributed by atoms with Crippen LogP contribution in [0.1, 0.15) is 139 Å². The van der Waals surface area contributed by atoms with Crippen molar-refractivity contribution in [3.8, 4) is 68.6 Å². The van der Waals surface area contributed by atoms with E-state index in [-0.39, 0.29) is 134 Å². The highest BCUT2D eigenvalue weighted by molar-refractivity contribution is 6.32. The summed E-state index contributed by atoms with van der Waals surface area (Å²) < 4.78 is 56.6. The van der Waals surface area contributed by atoms with E-state index in [0.29, 0.717) is 33.8 Å². The highest BCUT2D eigenvalue weighted by Gasteiger charge is 2.44. The molecule has 10 aromatic carbocycles. The van der Waals surface area contributed by atoms with Gasteiger partial charge in [0.2, 0.25) is 47.1 Å². The van der Waals surface area contributed by atoms with Gasteiger partial charge in [0.15, 0.2) is 17.5 Å². The zero-order chi connectivity index (χ0) is 91.2. The van der Waals surface area contributed by atoms with E-state index >= 15 is 33.6 Å². The average molecular weight is 1780 g/mol. The van der Waals surface area contributed by atoms with Crippen LogP contribution in [0, 0.1) is 5.92 Å². The van der Waals surface area contributed by atoms with Crippen molar-refractivity contribution in [3.05, 3.63) is 297 Å². The number of benzene rings is 10. The summed E-state index contributed by atoms with van der Waals surface area (Å²) in [6.45, 7) is 11.7. The second-order valence-corrected chi connectivity index (χ2v) is 32.9.